The van der Waals surface area contributed by atoms with Gasteiger partial charge in [-0.25, -0.2) is 0 Å². The van der Waals surface area contributed by atoms with Crippen molar-refractivity contribution in [2.75, 3.05) is 43.9 Å². The number of hydrogen-bond acceptors (Lipinski definition) is 11. The Hall–Kier alpha value is -4.31. The van der Waals surface area contributed by atoms with Crippen molar-refractivity contribution < 1.29 is 33.6 Å². The molecule has 0 bridgehead atoms. The lowest BCUT2D eigenvalue weighted by Crippen LogP contribution is -2.49. The van der Waals surface area contributed by atoms with Crippen LogP contribution in [0.15, 0.2) is 35.1 Å². The van der Waals surface area contributed by atoms with E-state index in [0.717, 1.165) is 0 Å². The van der Waals surface area contributed by atoms with Crippen molar-refractivity contribution in [2.24, 2.45) is 0 Å². The number of rotatable bonds is 8. The number of anilines is 2. The van der Waals surface area contributed by atoms with Gasteiger partial charge in [-0.05, 0) is 32.4 Å². The van der Waals surface area contributed by atoms with Gasteiger partial charge in [0.25, 0.3) is 17.5 Å². The number of nitrogens with zero attached hydrogens (tertiary/aromatic N) is 4. The van der Waals surface area contributed by atoms with Crippen molar-refractivity contribution in [1.29, 1.82) is 0 Å². The number of benzene rings is 1. The van der Waals surface area contributed by atoms with Gasteiger partial charge in [-0.2, -0.15) is 0 Å². The van der Waals surface area contributed by atoms with E-state index in [1.165, 1.54) is 23.2 Å². The standard InChI is InChI=1S/C29H34BrN7O8/c1-15-11-35(12-16(2)45-15)29(41)22-5-18(30)6-23(37(42)43)26(22)33-20-7-24(27(39)34-21-8-25(38)44-14-21)36(13-20)28(40)17-4-19(31-3)10-32-9-17/h4-6,9-10,15-16,20-21,24,31,33H,7-8,11-14H2,1-3H3,(H,34,39)/t15-,16+,20-,21+,24+/m1/s1. The van der Waals surface area contributed by atoms with Gasteiger partial charge in [0.15, 0.2) is 0 Å². The molecule has 0 spiro atoms. The fourth-order valence-electron chi connectivity index (χ4n) is 5.95. The van der Waals surface area contributed by atoms with Crippen LogP contribution in [0.4, 0.5) is 17.1 Å². The van der Waals surface area contributed by atoms with E-state index in [4.69, 9.17) is 9.47 Å². The monoisotopic (exact) mass is 687 g/mol. The van der Waals surface area contributed by atoms with Crippen LogP contribution in [-0.2, 0) is 19.1 Å². The minimum Gasteiger partial charge on any atom is -0.463 e. The van der Waals surface area contributed by atoms with E-state index in [2.05, 4.69) is 36.9 Å². The summed E-state index contributed by atoms with van der Waals surface area (Å²) in [5.41, 5.74) is 0.571. The van der Waals surface area contributed by atoms with Gasteiger partial charge in [0.05, 0.1) is 46.4 Å². The van der Waals surface area contributed by atoms with E-state index < -0.39 is 46.7 Å². The van der Waals surface area contributed by atoms with Crippen LogP contribution in [0.1, 0.15) is 47.4 Å². The molecule has 3 saturated heterocycles. The summed E-state index contributed by atoms with van der Waals surface area (Å²) in [5.74, 6) is -1.81. The van der Waals surface area contributed by atoms with Gasteiger partial charge in [-0.3, -0.25) is 34.3 Å². The quantitative estimate of drug-likeness (QED) is 0.210. The van der Waals surface area contributed by atoms with Crippen molar-refractivity contribution in [2.45, 2.75) is 57.0 Å². The number of morpholine rings is 1. The number of halogens is 1. The predicted octanol–water partition coefficient (Wildman–Crippen LogP) is 2.17. The normalized spacial score (nSPS) is 24.6. The molecule has 1 aromatic carbocycles. The van der Waals surface area contributed by atoms with Crippen molar-refractivity contribution in [3.05, 3.63) is 56.3 Å². The van der Waals surface area contributed by atoms with Crippen LogP contribution in [0.5, 0.6) is 0 Å². The number of aromatic nitrogens is 1. The van der Waals surface area contributed by atoms with Gasteiger partial charge in [0.1, 0.15) is 18.3 Å². The zero-order chi connectivity index (χ0) is 32.4. The lowest BCUT2D eigenvalue weighted by atomic mass is 10.1. The first-order valence-electron chi connectivity index (χ1n) is 14.5. The first-order chi connectivity index (χ1) is 21.4. The second kappa shape index (κ2) is 13.4. The van der Waals surface area contributed by atoms with Crippen molar-refractivity contribution >= 4 is 56.7 Å². The first-order valence-corrected chi connectivity index (χ1v) is 15.3. The lowest BCUT2D eigenvalue weighted by molar-refractivity contribution is -0.384. The molecule has 1 aromatic heterocycles. The van der Waals surface area contributed by atoms with E-state index >= 15 is 0 Å². The molecule has 0 aliphatic carbocycles. The number of esters is 1. The van der Waals surface area contributed by atoms with Gasteiger partial charge in [0.2, 0.25) is 5.91 Å². The molecular weight excluding hydrogens is 654 g/mol. The van der Waals surface area contributed by atoms with E-state index in [1.807, 2.05) is 13.8 Å². The molecule has 3 amide bonds. The van der Waals surface area contributed by atoms with Gasteiger partial charge < -0.3 is 35.2 Å². The molecule has 2 aromatic rings. The van der Waals surface area contributed by atoms with Crippen LogP contribution >= 0.6 is 15.9 Å². The number of ether oxygens (including phenoxy) is 2. The summed E-state index contributed by atoms with van der Waals surface area (Å²) in [6, 6.07) is 2.25. The number of nitro groups is 1. The highest BCUT2D eigenvalue weighted by molar-refractivity contribution is 9.10. The Labute approximate surface area is 267 Å². The van der Waals surface area contributed by atoms with Crippen molar-refractivity contribution in [3.8, 4) is 0 Å². The number of nitrogens with one attached hydrogen (secondary N) is 3. The number of pyridine rings is 1. The summed E-state index contributed by atoms with van der Waals surface area (Å²) < 4.78 is 11.1. The molecule has 0 unspecified atom stereocenters. The zero-order valence-electron chi connectivity index (χ0n) is 24.9. The number of amides is 3. The Bertz CT molecular complexity index is 1510. The average molecular weight is 689 g/mol. The summed E-state index contributed by atoms with van der Waals surface area (Å²) in [6.07, 6.45) is 2.58. The van der Waals surface area contributed by atoms with E-state index in [1.54, 1.807) is 24.2 Å². The van der Waals surface area contributed by atoms with Gasteiger partial charge in [0, 0.05) is 55.7 Å². The second-order valence-electron chi connectivity index (χ2n) is 11.4. The lowest BCUT2D eigenvalue weighted by Gasteiger charge is -2.35. The molecule has 3 fully saturated rings. The molecule has 240 valence electrons. The van der Waals surface area contributed by atoms with Crippen LogP contribution in [0.25, 0.3) is 0 Å². The van der Waals surface area contributed by atoms with Gasteiger partial charge in [-0.1, -0.05) is 15.9 Å². The molecule has 45 heavy (non-hydrogen) atoms. The molecular formula is C29H34BrN7O8. The fourth-order valence-corrected chi connectivity index (χ4v) is 6.40. The van der Waals surface area contributed by atoms with Gasteiger partial charge >= 0.3 is 5.97 Å². The number of nitro benzene ring substituents is 1. The highest BCUT2D eigenvalue weighted by Crippen LogP contribution is 2.36. The van der Waals surface area contributed by atoms with Gasteiger partial charge in [-0.15, -0.1) is 0 Å². The van der Waals surface area contributed by atoms with Crippen LogP contribution in [0, 0.1) is 10.1 Å². The SMILES string of the molecule is CNc1cncc(C(=O)N2C[C@H](Nc3c(C(=O)N4C[C@@H](C)O[C@@H](C)C4)cc(Br)cc3[N+](=O)[O-])C[C@H]2C(=O)N[C@@H]2COC(=O)C2)c1. The number of likely N-dealkylation sites (tertiary alicyclic amines) is 1. The third-order valence-electron chi connectivity index (χ3n) is 7.91. The van der Waals surface area contributed by atoms with Crippen LogP contribution in [-0.4, -0.2) is 107 Å². The largest absolute Gasteiger partial charge is 0.463 e. The Morgan fingerprint density at radius 1 is 1.07 bits per heavy atom. The van der Waals surface area contributed by atoms with E-state index in [9.17, 15) is 29.3 Å². The minimum absolute atomic E-state index is 0.00668. The highest BCUT2D eigenvalue weighted by atomic mass is 79.9. The van der Waals surface area contributed by atoms with Crippen LogP contribution < -0.4 is 16.0 Å². The Balaban J connectivity index is 1.46. The molecule has 3 N–H and O–H groups in total. The molecule has 3 aliphatic heterocycles. The number of carbonyl (C=O) groups excluding carboxylic acids is 4. The third kappa shape index (κ3) is 7.17. The number of cyclic esters (lactones) is 1. The maximum Gasteiger partial charge on any atom is 0.308 e. The third-order valence-corrected chi connectivity index (χ3v) is 8.37. The maximum atomic E-state index is 13.8. The smallest absolute Gasteiger partial charge is 0.308 e. The highest BCUT2D eigenvalue weighted by Gasteiger charge is 2.43. The van der Waals surface area contributed by atoms with E-state index in [0.29, 0.717) is 23.2 Å². The molecule has 4 heterocycles. The topological polar surface area (TPSA) is 185 Å². The predicted molar refractivity (Wildman–Crippen MR) is 165 cm³/mol. The van der Waals surface area contributed by atoms with E-state index in [-0.39, 0.29) is 60.7 Å². The summed E-state index contributed by atoms with van der Waals surface area (Å²) >= 11 is 3.31. The Morgan fingerprint density at radius 3 is 2.44 bits per heavy atom. The fraction of sp³-hybridized carbons (Fsp3) is 0.483. The van der Waals surface area contributed by atoms with Crippen molar-refractivity contribution in [1.82, 2.24) is 20.1 Å². The molecule has 5 rings (SSSR count). The molecule has 5 atom stereocenters. The molecule has 0 saturated carbocycles. The summed E-state index contributed by atoms with van der Waals surface area (Å²) in [4.78, 5) is 71.5. The molecule has 3 aliphatic rings. The molecule has 0 radical (unpaired) electrons. The summed E-state index contributed by atoms with van der Waals surface area (Å²) in [6.45, 7) is 4.34. The average Bonchev–Trinajstić information content (AvgIpc) is 3.62. The number of carbonyl (C=O) groups is 4. The summed E-state index contributed by atoms with van der Waals surface area (Å²) in [5, 5.41) is 21.1. The first kappa shape index (κ1) is 32.1. The van der Waals surface area contributed by atoms with Crippen LogP contribution in [0.3, 0.4) is 0 Å². The molecule has 15 nitrogen and oxygen atoms in total. The minimum atomic E-state index is -0.987. The molecule has 16 heteroatoms. The second-order valence-corrected chi connectivity index (χ2v) is 12.3. The maximum absolute atomic E-state index is 13.8. The zero-order valence-corrected chi connectivity index (χ0v) is 26.5. The van der Waals surface area contributed by atoms with Crippen molar-refractivity contribution in [3.63, 3.8) is 0 Å². The Morgan fingerprint density at radius 2 is 1.80 bits per heavy atom. The van der Waals surface area contributed by atoms with Crippen LogP contribution in [0.2, 0.25) is 0 Å². The summed E-state index contributed by atoms with van der Waals surface area (Å²) in [7, 11) is 1.69. The number of hydrogen-bond donors (Lipinski definition) is 3. The Kier molecular flexibility index (Phi) is 9.53.